The zero-order chi connectivity index (χ0) is 22.4. The number of aryl methyl sites for hydroxylation is 1. The minimum absolute atomic E-state index is 0.168. The summed E-state index contributed by atoms with van der Waals surface area (Å²) in [5.41, 5.74) is 3.48. The molecule has 2 aromatic carbocycles. The van der Waals surface area contributed by atoms with Crippen LogP contribution in [0, 0.1) is 0 Å². The topological polar surface area (TPSA) is 67.2 Å². The zero-order valence-electron chi connectivity index (χ0n) is 17.9. The largest absolute Gasteiger partial charge is 0.325 e. The van der Waals surface area contributed by atoms with E-state index in [9.17, 15) is 9.59 Å². The Bertz CT molecular complexity index is 1350. The highest BCUT2D eigenvalue weighted by Gasteiger charge is 2.54. The van der Waals surface area contributed by atoms with E-state index in [2.05, 4.69) is 5.32 Å². The van der Waals surface area contributed by atoms with Crippen LogP contribution in [-0.2, 0) is 23.3 Å². The Kier molecular flexibility index (Phi) is 4.66. The van der Waals surface area contributed by atoms with Crippen LogP contribution in [-0.4, -0.2) is 26.6 Å². The number of nitrogens with zero attached hydrogens (tertiary/aromatic N) is 3. The molecule has 6 nitrogen and oxygen atoms in total. The average molecular weight is 455 g/mol. The van der Waals surface area contributed by atoms with Crippen molar-refractivity contribution in [3.8, 4) is 16.9 Å². The molecule has 0 saturated carbocycles. The Labute approximate surface area is 195 Å². The molecule has 1 N–H and O–H groups in total. The summed E-state index contributed by atoms with van der Waals surface area (Å²) in [6.07, 6.45) is 4.39. The van der Waals surface area contributed by atoms with Gasteiger partial charge in [-0.15, -0.1) is 11.3 Å². The molecule has 1 fully saturated rings. The van der Waals surface area contributed by atoms with Crippen LogP contribution in [0.2, 0.25) is 0 Å². The first-order chi connectivity index (χ1) is 16.2. The maximum Gasteiger partial charge on any atom is 0.325 e. The normalized spacial score (nSPS) is 19.7. The molecule has 2 aliphatic rings. The summed E-state index contributed by atoms with van der Waals surface area (Å²) in [6.45, 7) is 0.170. The van der Waals surface area contributed by atoms with E-state index < -0.39 is 5.54 Å². The van der Waals surface area contributed by atoms with Gasteiger partial charge in [-0.05, 0) is 42.8 Å². The van der Waals surface area contributed by atoms with E-state index in [4.69, 9.17) is 5.10 Å². The van der Waals surface area contributed by atoms with Gasteiger partial charge in [-0.3, -0.25) is 9.69 Å². The van der Waals surface area contributed by atoms with Crippen molar-refractivity contribution in [2.75, 3.05) is 0 Å². The van der Waals surface area contributed by atoms with Gasteiger partial charge in [0, 0.05) is 27.8 Å². The maximum atomic E-state index is 13.7. The fraction of sp³-hybridized carbons (Fsp3) is 0.192. The third kappa shape index (κ3) is 3.19. The van der Waals surface area contributed by atoms with Crippen LogP contribution in [0.5, 0.6) is 0 Å². The number of thiophene rings is 1. The number of aromatic nitrogens is 2. The monoisotopic (exact) mass is 454 g/mol. The van der Waals surface area contributed by atoms with Gasteiger partial charge in [0.1, 0.15) is 5.54 Å². The minimum atomic E-state index is -0.937. The standard InChI is InChI=1S/C26H22N4O2S/c31-24-26(14-7-12-22-21(26)13-15-33-22)27-25(32)29(24)16-19-17-30(20-10-5-2-6-11-20)28-23(19)18-8-3-1-4-9-18/h1-6,8-11,13,15,17H,7,12,14,16H2,(H,27,32). The summed E-state index contributed by atoms with van der Waals surface area (Å²) in [6, 6.07) is 21.4. The number of urea groups is 1. The molecule has 0 radical (unpaired) electrons. The SMILES string of the molecule is O=C1NC2(CCCc3sccc32)C(=O)N1Cc1cn(-c2ccccc2)nc1-c1ccccc1. The predicted molar refractivity (Wildman–Crippen MR) is 127 cm³/mol. The Morgan fingerprint density at radius 2 is 1.76 bits per heavy atom. The predicted octanol–water partition coefficient (Wildman–Crippen LogP) is 4.88. The van der Waals surface area contributed by atoms with Gasteiger partial charge in [0.05, 0.1) is 17.9 Å². The van der Waals surface area contributed by atoms with Crippen molar-refractivity contribution in [1.82, 2.24) is 20.0 Å². The van der Waals surface area contributed by atoms with Crippen LogP contribution in [0.3, 0.4) is 0 Å². The van der Waals surface area contributed by atoms with Gasteiger partial charge in [-0.1, -0.05) is 48.5 Å². The van der Waals surface area contributed by atoms with Crippen LogP contribution >= 0.6 is 11.3 Å². The second kappa shape index (κ2) is 7.71. The van der Waals surface area contributed by atoms with Gasteiger partial charge in [-0.25, -0.2) is 9.48 Å². The molecule has 4 aromatic rings. The van der Waals surface area contributed by atoms with Crippen molar-refractivity contribution >= 4 is 23.3 Å². The second-order valence-corrected chi connectivity index (χ2v) is 9.49. The highest BCUT2D eigenvalue weighted by atomic mass is 32.1. The van der Waals surface area contributed by atoms with Crippen LogP contribution in [0.4, 0.5) is 4.79 Å². The van der Waals surface area contributed by atoms with Crippen molar-refractivity contribution in [2.45, 2.75) is 31.3 Å². The van der Waals surface area contributed by atoms with E-state index in [0.717, 1.165) is 40.9 Å². The molecular weight excluding hydrogens is 432 g/mol. The smallest absolute Gasteiger partial charge is 0.319 e. The summed E-state index contributed by atoms with van der Waals surface area (Å²) >= 11 is 1.66. The fourth-order valence-electron chi connectivity index (χ4n) is 4.93. The molecule has 164 valence electrons. The number of imide groups is 1. The molecule has 1 saturated heterocycles. The van der Waals surface area contributed by atoms with E-state index in [1.807, 2.05) is 83.0 Å². The van der Waals surface area contributed by atoms with Gasteiger partial charge in [0.25, 0.3) is 5.91 Å². The van der Waals surface area contributed by atoms with E-state index in [1.54, 1.807) is 11.3 Å². The lowest BCUT2D eigenvalue weighted by Gasteiger charge is -2.31. The van der Waals surface area contributed by atoms with Crippen LogP contribution < -0.4 is 5.32 Å². The summed E-state index contributed by atoms with van der Waals surface area (Å²) < 4.78 is 1.81. The van der Waals surface area contributed by atoms with Crippen LogP contribution in [0.15, 0.2) is 78.3 Å². The number of fused-ring (bicyclic) bond motifs is 2. The lowest BCUT2D eigenvalue weighted by Crippen LogP contribution is -2.46. The van der Waals surface area contributed by atoms with Crippen molar-refractivity contribution in [1.29, 1.82) is 0 Å². The minimum Gasteiger partial charge on any atom is -0.319 e. The van der Waals surface area contributed by atoms with Crippen molar-refractivity contribution in [3.63, 3.8) is 0 Å². The van der Waals surface area contributed by atoms with Gasteiger partial charge in [0.15, 0.2) is 0 Å². The number of nitrogens with one attached hydrogen (secondary N) is 1. The summed E-state index contributed by atoms with van der Waals surface area (Å²) in [7, 11) is 0. The molecule has 1 aliphatic heterocycles. The van der Waals surface area contributed by atoms with Gasteiger partial charge in [-0.2, -0.15) is 5.10 Å². The van der Waals surface area contributed by atoms with Gasteiger partial charge < -0.3 is 5.32 Å². The third-order valence-corrected chi connectivity index (χ3v) is 7.50. The zero-order valence-corrected chi connectivity index (χ0v) is 18.7. The number of carbonyl (C=O) groups is 2. The first-order valence-electron chi connectivity index (χ1n) is 11.1. The second-order valence-electron chi connectivity index (χ2n) is 8.49. The van der Waals surface area contributed by atoms with E-state index >= 15 is 0 Å². The molecule has 33 heavy (non-hydrogen) atoms. The Morgan fingerprint density at radius 1 is 1.00 bits per heavy atom. The average Bonchev–Trinajstić information content (AvgIpc) is 3.56. The van der Waals surface area contributed by atoms with Crippen molar-refractivity contribution in [3.05, 3.63) is 94.3 Å². The number of benzene rings is 2. The molecule has 6 rings (SSSR count). The lowest BCUT2D eigenvalue weighted by molar-refractivity contribution is -0.132. The Balaban J connectivity index is 1.39. The third-order valence-electron chi connectivity index (χ3n) is 6.52. The summed E-state index contributed by atoms with van der Waals surface area (Å²) in [5, 5.41) is 9.88. The molecule has 3 heterocycles. The molecule has 0 bridgehead atoms. The van der Waals surface area contributed by atoms with E-state index in [-0.39, 0.29) is 18.5 Å². The molecule has 1 unspecified atom stereocenters. The van der Waals surface area contributed by atoms with E-state index in [0.29, 0.717) is 6.42 Å². The number of amides is 3. The summed E-state index contributed by atoms with van der Waals surface area (Å²) in [5.74, 6) is -0.168. The number of rotatable bonds is 4. The van der Waals surface area contributed by atoms with E-state index in [1.165, 1.54) is 9.78 Å². The molecule has 2 aromatic heterocycles. The van der Waals surface area contributed by atoms with Crippen LogP contribution in [0.25, 0.3) is 16.9 Å². The highest BCUT2D eigenvalue weighted by molar-refractivity contribution is 7.10. The fourth-order valence-corrected chi connectivity index (χ4v) is 5.93. The molecule has 1 spiro atoms. The number of hydrogen-bond donors (Lipinski definition) is 1. The molecular formula is C26H22N4O2S. The molecule has 1 aliphatic carbocycles. The number of para-hydroxylation sites is 1. The van der Waals surface area contributed by atoms with Crippen LogP contribution in [0.1, 0.15) is 28.8 Å². The molecule has 3 amide bonds. The van der Waals surface area contributed by atoms with Crippen molar-refractivity contribution in [2.24, 2.45) is 0 Å². The molecule has 7 heteroatoms. The van der Waals surface area contributed by atoms with Gasteiger partial charge in [0.2, 0.25) is 0 Å². The van der Waals surface area contributed by atoms with Crippen molar-refractivity contribution < 1.29 is 9.59 Å². The first-order valence-corrected chi connectivity index (χ1v) is 11.9. The maximum absolute atomic E-state index is 13.7. The number of carbonyl (C=O) groups excluding carboxylic acids is 2. The quantitative estimate of drug-likeness (QED) is 0.447. The van der Waals surface area contributed by atoms with Gasteiger partial charge >= 0.3 is 6.03 Å². The Morgan fingerprint density at radius 3 is 2.55 bits per heavy atom. The summed E-state index contributed by atoms with van der Waals surface area (Å²) in [4.78, 5) is 29.3. The first kappa shape index (κ1) is 19.9. The number of hydrogen-bond acceptors (Lipinski definition) is 4. The lowest BCUT2D eigenvalue weighted by atomic mass is 9.80. The Hall–Kier alpha value is -3.71. The molecule has 1 atom stereocenters. The highest BCUT2D eigenvalue weighted by Crippen LogP contribution is 2.42.